The first-order valence-corrected chi connectivity index (χ1v) is 3.86. The van der Waals surface area contributed by atoms with Gasteiger partial charge in [-0.05, 0) is 0 Å². The van der Waals surface area contributed by atoms with Gasteiger partial charge in [-0.2, -0.15) is 0 Å². The Hall–Kier alpha value is -2.18. The topological polar surface area (TPSA) is 91.6 Å². The molecule has 0 amide bonds. The molecule has 0 saturated carbocycles. The van der Waals surface area contributed by atoms with Crippen LogP contribution >= 0.6 is 0 Å². The van der Waals surface area contributed by atoms with Gasteiger partial charge in [0.2, 0.25) is 5.75 Å². The minimum absolute atomic E-state index is 0.0748. The molecule has 0 aliphatic rings. The largest absolute Gasteiger partial charge is 0.489 e. The normalized spacial score (nSPS) is 9.47. The van der Waals surface area contributed by atoms with Gasteiger partial charge in [0.05, 0.1) is 19.1 Å². The highest BCUT2D eigenvalue weighted by molar-refractivity contribution is 5.93. The van der Waals surface area contributed by atoms with Crippen LogP contribution in [0.25, 0.3) is 0 Å². The number of aromatic nitrogens is 1. The van der Waals surface area contributed by atoms with E-state index in [2.05, 4.69) is 9.72 Å². The van der Waals surface area contributed by atoms with Gasteiger partial charge in [0.25, 0.3) is 0 Å². The first-order chi connectivity index (χ1) is 7.11. The number of hydrogen-bond donors (Lipinski definition) is 0. The molecule has 15 heavy (non-hydrogen) atoms. The maximum Gasteiger partial charge on any atom is 0.343 e. The van der Waals surface area contributed by atoms with Crippen LogP contribution in [-0.2, 0) is 4.74 Å². The average Bonchev–Trinajstić information content (AvgIpc) is 2.26. The van der Waals surface area contributed by atoms with Gasteiger partial charge >= 0.3 is 11.7 Å². The van der Waals surface area contributed by atoms with E-state index >= 15 is 0 Å². The fourth-order valence-electron chi connectivity index (χ4n) is 1.04. The zero-order valence-corrected chi connectivity index (χ0v) is 8.09. The molecule has 1 heterocycles. The van der Waals surface area contributed by atoms with Gasteiger partial charge in [0, 0.05) is 6.20 Å². The molecule has 0 aromatic carbocycles. The first kappa shape index (κ1) is 10.9. The van der Waals surface area contributed by atoms with Crippen molar-refractivity contribution in [1.82, 2.24) is 4.98 Å². The highest BCUT2D eigenvalue weighted by atomic mass is 16.6. The van der Waals surface area contributed by atoms with Crippen molar-refractivity contribution < 1.29 is 19.2 Å². The number of pyridine rings is 1. The van der Waals surface area contributed by atoms with E-state index in [0.717, 1.165) is 12.4 Å². The van der Waals surface area contributed by atoms with E-state index in [-0.39, 0.29) is 17.0 Å². The third kappa shape index (κ3) is 2.01. The Morgan fingerprint density at radius 2 is 2.13 bits per heavy atom. The summed E-state index contributed by atoms with van der Waals surface area (Å²) in [5.41, 5.74) is -0.449. The summed E-state index contributed by atoms with van der Waals surface area (Å²) >= 11 is 0. The molecule has 0 radical (unpaired) electrons. The number of carbonyl (C=O) groups excluding carboxylic acids is 1. The van der Waals surface area contributed by atoms with E-state index in [9.17, 15) is 14.9 Å². The second-order valence-corrected chi connectivity index (χ2v) is 2.49. The Labute approximate surface area is 84.8 Å². The van der Waals surface area contributed by atoms with Crippen molar-refractivity contribution in [3.8, 4) is 5.75 Å². The van der Waals surface area contributed by atoms with E-state index in [1.807, 2.05) is 0 Å². The summed E-state index contributed by atoms with van der Waals surface area (Å²) in [6, 6.07) is 0. The summed E-state index contributed by atoms with van der Waals surface area (Å²) in [7, 11) is 2.40. The van der Waals surface area contributed by atoms with Crippen molar-refractivity contribution in [2.24, 2.45) is 0 Å². The molecular weight excluding hydrogens is 204 g/mol. The Kier molecular flexibility index (Phi) is 3.17. The minimum atomic E-state index is -0.733. The van der Waals surface area contributed by atoms with Crippen LogP contribution < -0.4 is 4.74 Å². The standard InChI is InChI=1S/C8H8N2O5/c1-14-7-5(8(11)15-2)3-9-4-6(7)10(12)13/h3-4H,1-2H3. The lowest BCUT2D eigenvalue weighted by Crippen LogP contribution is -2.06. The summed E-state index contributed by atoms with van der Waals surface area (Å²) < 4.78 is 9.21. The molecule has 0 N–H and O–H groups in total. The maximum atomic E-state index is 11.2. The Bertz CT molecular complexity index is 404. The predicted molar refractivity (Wildman–Crippen MR) is 48.8 cm³/mol. The third-order valence-electron chi connectivity index (χ3n) is 1.68. The Morgan fingerprint density at radius 1 is 1.47 bits per heavy atom. The van der Waals surface area contributed by atoms with E-state index in [4.69, 9.17) is 4.74 Å². The zero-order valence-electron chi connectivity index (χ0n) is 8.09. The minimum Gasteiger partial charge on any atom is -0.489 e. The van der Waals surface area contributed by atoms with Crippen LogP contribution in [0.2, 0.25) is 0 Å². The van der Waals surface area contributed by atoms with Gasteiger partial charge in [-0.15, -0.1) is 0 Å². The zero-order chi connectivity index (χ0) is 11.4. The van der Waals surface area contributed by atoms with Gasteiger partial charge < -0.3 is 9.47 Å². The van der Waals surface area contributed by atoms with Gasteiger partial charge in [0.15, 0.2) is 0 Å². The van der Waals surface area contributed by atoms with E-state index in [1.54, 1.807) is 0 Å². The predicted octanol–water partition coefficient (Wildman–Crippen LogP) is 0.785. The lowest BCUT2D eigenvalue weighted by Gasteiger charge is -2.05. The van der Waals surface area contributed by atoms with Crippen molar-refractivity contribution >= 4 is 11.7 Å². The molecule has 0 bridgehead atoms. The highest BCUT2D eigenvalue weighted by Crippen LogP contribution is 2.29. The number of ether oxygens (including phenoxy) is 2. The monoisotopic (exact) mass is 212 g/mol. The van der Waals surface area contributed by atoms with Gasteiger partial charge in [0.1, 0.15) is 11.8 Å². The lowest BCUT2D eigenvalue weighted by molar-refractivity contribution is -0.386. The smallest absolute Gasteiger partial charge is 0.343 e. The summed E-state index contributed by atoms with van der Waals surface area (Å²) in [4.78, 5) is 24.7. The molecule has 0 fully saturated rings. The summed E-state index contributed by atoms with van der Waals surface area (Å²) in [5.74, 6) is -0.884. The van der Waals surface area contributed by atoms with Crippen LogP contribution in [-0.4, -0.2) is 30.1 Å². The SMILES string of the molecule is COC(=O)c1cncc([N+](=O)[O-])c1OC. The molecule has 1 aromatic rings. The molecule has 0 saturated heterocycles. The number of nitrogens with zero attached hydrogens (tertiary/aromatic N) is 2. The molecule has 80 valence electrons. The highest BCUT2D eigenvalue weighted by Gasteiger charge is 2.23. The van der Waals surface area contributed by atoms with Gasteiger partial charge in [-0.25, -0.2) is 4.79 Å². The molecule has 7 nitrogen and oxygen atoms in total. The molecule has 0 aliphatic heterocycles. The van der Waals surface area contributed by atoms with Crippen LogP contribution in [0.5, 0.6) is 5.75 Å². The second-order valence-electron chi connectivity index (χ2n) is 2.49. The van der Waals surface area contributed by atoms with E-state index in [0.29, 0.717) is 0 Å². The summed E-state index contributed by atoms with van der Waals surface area (Å²) in [6.07, 6.45) is 2.16. The molecule has 0 aliphatic carbocycles. The van der Waals surface area contributed by atoms with Crippen LogP contribution in [0, 0.1) is 10.1 Å². The maximum absolute atomic E-state index is 11.2. The van der Waals surface area contributed by atoms with Crippen molar-refractivity contribution in [3.63, 3.8) is 0 Å². The Balaban J connectivity index is 3.34. The van der Waals surface area contributed by atoms with E-state index < -0.39 is 10.9 Å². The van der Waals surface area contributed by atoms with Crippen molar-refractivity contribution in [1.29, 1.82) is 0 Å². The third-order valence-corrected chi connectivity index (χ3v) is 1.68. The van der Waals surface area contributed by atoms with Crippen LogP contribution in [0.3, 0.4) is 0 Å². The molecular formula is C8H8N2O5. The quantitative estimate of drug-likeness (QED) is 0.417. The number of rotatable bonds is 3. The van der Waals surface area contributed by atoms with Crippen LogP contribution in [0.1, 0.15) is 10.4 Å². The molecule has 7 heteroatoms. The van der Waals surface area contributed by atoms with Crippen LogP contribution in [0.4, 0.5) is 5.69 Å². The van der Waals surface area contributed by atoms with E-state index in [1.165, 1.54) is 14.2 Å². The van der Waals surface area contributed by atoms with Crippen molar-refractivity contribution in [2.75, 3.05) is 14.2 Å². The summed E-state index contributed by atoms with van der Waals surface area (Å²) in [5, 5.41) is 10.6. The lowest BCUT2D eigenvalue weighted by atomic mass is 10.2. The van der Waals surface area contributed by atoms with Gasteiger partial charge in [-0.1, -0.05) is 0 Å². The second kappa shape index (κ2) is 4.36. The summed E-state index contributed by atoms with van der Waals surface area (Å²) in [6.45, 7) is 0. The molecule has 0 unspecified atom stereocenters. The Morgan fingerprint density at radius 3 is 2.60 bits per heavy atom. The fourth-order valence-corrected chi connectivity index (χ4v) is 1.04. The molecule has 1 rings (SSSR count). The number of methoxy groups -OCH3 is 2. The van der Waals surface area contributed by atoms with Crippen LogP contribution in [0.15, 0.2) is 12.4 Å². The number of nitro groups is 1. The fraction of sp³-hybridized carbons (Fsp3) is 0.250. The molecule has 0 atom stereocenters. The number of esters is 1. The molecule has 0 spiro atoms. The molecule has 1 aromatic heterocycles. The number of hydrogen-bond acceptors (Lipinski definition) is 6. The van der Waals surface area contributed by atoms with Crippen molar-refractivity contribution in [3.05, 3.63) is 28.1 Å². The van der Waals surface area contributed by atoms with Crippen molar-refractivity contribution in [2.45, 2.75) is 0 Å². The number of carbonyl (C=O) groups is 1. The average molecular weight is 212 g/mol. The first-order valence-electron chi connectivity index (χ1n) is 3.86. The van der Waals surface area contributed by atoms with Gasteiger partial charge in [-0.3, -0.25) is 15.1 Å².